The van der Waals surface area contributed by atoms with E-state index in [1.807, 2.05) is 9.91 Å². The smallest absolute Gasteiger partial charge is 0.143 e. The number of nitrogens with zero attached hydrogens (tertiary/aromatic N) is 6. The molecule has 3 aliphatic rings. The first-order chi connectivity index (χ1) is 21.1. The van der Waals surface area contributed by atoms with Crippen LogP contribution in [0.4, 0.5) is 45.5 Å². The highest BCUT2D eigenvalue weighted by atomic mass is 15.9. The highest BCUT2D eigenvalue weighted by Crippen LogP contribution is 2.48. The zero-order chi connectivity index (χ0) is 30.6. The largest absolute Gasteiger partial charge is 0.301 e. The Labute approximate surface area is 255 Å². The van der Waals surface area contributed by atoms with Crippen molar-refractivity contribution >= 4 is 56.5 Å². The molecule has 6 N–H and O–H groups in total. The molecule has 0 bridgehead atoms. The van der Waals surface area contributed by atoms with E-state index in [-0.39, 0.29) is 0 Å². The molecule has 0 spiro atoms. The van der Waals surface area contributed by atoms with E-state index < -0.39 is 0 Å². The number of hydrazine groups is 6. The SMILES string of the molecule is Cc1cc2c(cc1C)N(c1c(C)c(C)c(N3NNc4cc(C)c(C)cc43)c3c1nnn3N1NNc3cc(C)c(C)cc31)NN2. The summed E-state index contributed by atoms with van der Waals surface area (Å²) in [6.45, 7) is 17.1. The zero-order valence-corrected chi connectivity index (χ0v) is 26.1. The molecule has 12 heteroatoms. The number of rotatable bonds is 3. The van der Waals surface area contributed by atoms with E-state index in [0.29, 0.717) is 0 Å². The maximum absolute atomic E-state index is 4.87. The van der Waals surface area contributed by atoms with Gasteiger partial charge >= 0.3 is 0 Å². The highest BCUT2D eigenvalue weighted by Gasteiger charge is 2.35. The second-order valence-corrected chi connectivity index (χ2v) is 12.2. The van der Waals surface area contributed by atoms with Gasteiger partial charge in [0.05, 0.1) is 39.8 Å². The molecule has 3 aliphatic heterocycles. The molecule has 0 amide bonds. The van der Waals surface area contributed by atoms with Crippen molar-refractivity contribution in [2.75, 3.05) is 31.4 Å². The lowest BCUT2D eigenvalue weighted by atomic mass is 10.0. The second-order valence-electron chi connectivity index (χ2n) is 12.2. The zero-order valence-electron chi connectivity index (χ0n) is 26.1. The molecule has 4 heterocycles. The van der Waals surface area contributed by atoms with Crippen molar-refractivity contribution in [3.05, 3.63) is 80.9 Å². The van der Waals surface area contributed by atoms with E-state index in [9.17, 15) is 0 Å². The minimum absolute atomic E-state index is 0.752. The standard InChI is InChI=1S/C32H36N12/c1-15-9-23-26(12-18(15)4)41(37-33-23)30-21(7)22(8)31(42-27-13-19(5)16(2)10-24(27)34-38-42)32-29(30)36-40-44(32)43-28-14-20(6)17(3)11-25(28)35-39-43/h9-14,33-35,37-39H,1-8H3. The molecule has 0 aliphatic carbocycles. The minimum Gasteiger partial charge on any atom is -0.301 e. The predicted octanol–water partition coefficient (Wildman–Crippen LogP) is 5.98. The van der Waals surface area contributed by atoms with Crippen molar-refractivity contribution in [3.8, 4) is 0 Å². The first-order valence-corrected chi connectivity index (χ1v) is 14.8. The summed E-state index contributed by atoms with van der Waals surface area (Å²) in [5, 5.41) is 15.8. The van der Waals surface area contributed by atoms with Crippen molar-refractivity contribution in [1.29, 1.82) is 0 Å². The van der Waals surface area contributed by atoms with Crippen LogP contribution in [0.3, 0.4) is 0 Å². The van der Waals surface area contributed by atoms with Crippen molar-refractivity contribution in [2.24, 2.45) is 0 Å². The van der Waals surface area contributed by atoms with E-state index >= 15 is 0 Å². The van der Waals surface area contributed by atoms with Crippen LogP contribution in [0.1, 0.15) is 44.5 Å². The van der Waals surface area contributed by atoms with Gasteiger partial charge in [-0.3, -0.25) is 10.0 Å². The van der Waals surface area contributed by atoms with E-state index in [1.165, 1.54) is 33.4 Å². The van der Waals surface area contributed by atoms with Gasteiger partial charge in [0.15, 0.2) is 0 Å². The minimum atomic E-state index is 0.752. The van der Waals surface area contributed by atoms with E-state index in [2.05, 4.69) is 135 Å². The van der Waals surface area contributed by atoms with Crippen LogP contribution in [0.25, 0.3) is 11.0 Å². The summed E-state index contributed by atoms with van der Waals surface area (Å²) >= 11 is 0. The third kappa shape index (κ3) is 3.62. The van der Waals surface area contributed by atoms with Crippen molar-refractivity contribution in [3.63, 3.8) is 0 Å². The van der Waals surface area contributed by atoms with Crippen LogP contribution in [0, 0.1) is 55.4 Å². The average molecular weight is 589 g/mol. The van der Waals surface area contributed by atoms with Crippen molar-refractivity contribution in [1.82, 2.24) is 31.7 Å². The second kappa shape index (κ2) is 9.23. The Morgan fingerprint density at radius 3 is 1.50 bits per heavy atom. The van der Waals surface area contributed by atoms with Crippen LogP contribution in [0.15, 0.2) is 36.4 Å². The van der Waals surface area contributed by atoms with E-state index in [4.69, 9.17) is 10.3 Å². The van der Waals surface area contributed by atoms with Gasteiger partial charge in [-0.05, 0) is 142 Å². The first kappa shape index (κ1) is 26.6. The number of aryl methyl sites for hydroxylation is 6. The number of nitrogens with one attached hydrogen (secondary N) is 6. The van der Waals surface area contributed by atoms with Gasteiger partial charge in [0.2, 0.25) is 0 Å². The van der Waals surface area contributed by atoms with Gasteiger partial charge in [0.25, 0.3) is 0 Å². The van der Waals surface area contributed by atoms with Gasteiger partial charge in [0, 0.05) is 0 Å². The molecule has 5 aromatic rings. The van der Waals surface area contributed by atoms with Crippen LogP contribution in [0.5, 0.6) is 0 Å². The summed E-state index contributed by atoms with van der Waals surface area (Å²) in [5.74, 6) is 0. The van der Waals surface area contributed by atoms with Crippen LogP contribution in [-0.4, -0.2) is 15.1 Å². The Hall–Kier alpha value is -5.04. The summed E-state index contributed by atoms with van der Waals surface area (Å²) in [6.07, 6.45) is 0. The van der Waals surface area contributed by atoms with Gasteiger partial charge in [-0.15, -0.1) is 26.5 Å². The van der Waals surface area contributed by atoms with Crippen LogP contribution < -0.4 is 48.0 Å². The molecule has 0 atom stereocenters. The number of anilines is 8. The molecule has 0 saturated heterocycles. The third-order valence-electron chi connectivity index (χ3n) is 9.46. The van der Waals surface area contributed by atoms with Gasteiger partial charge in [-0.25, -0.2) is 0 Å². The number of aromatic nitrogens is 3. The molecule has 224 valence electrons. The average Bonchev–Trinajstić information content (AvgIpc) is 3.77. The lowest BCUT2D eigenvalue weighted by Crippen LogP contribution is -2.42. The van der Waals surface area contributed by atoms with Gasteiger partial charge in [-0.2, -0.15) is 5.12 Å². The summed E-state index contributed by atoms with van der Waals surface area (Å²) in [5.41, 5.74) is 39.2. The van der Waals surface area contributed by atoms with E-state index in [0.717, 1.165) is 67.7 Å². The van der Waals surface area contributed by atoms with Crippen LogP contribution >= 0.6 is 0 Å². The maximum atomic E-state index is 4.87. The molecule has 44 heavy (non-hydrogen) atoms. The Morgan fingerprint density at radius 1 is 0.500 bits per heavy atom. The van der Waals surface area contributed by atoms with Crippen LogP contribution in [-0.2, 0) is 0 Å². The number of hydrogen-bond donors (Lipinski definition) is 6. The Balaban J connectivity index is 1.40. The van der Waals surface area contributed by atoms with Crippen molar-refractivity contribution < 1.29 is 0 Å². The first-order valence-electron chi connectivity index (χ1n) is 14.8. The molecule has 1 aromatic heterocycles. The van der Waals surface area contributed by atoms with Crippen LogP contribution in [0.2, 0.25) is 0 Å². The fourth-order valence-corrected chi connectivity index (χ4v) is 6.31. The molecule has 8 rings (SSSR count). The monoisotopic (exact) mass is 588 g/mol. The Bertz CT molecular complexity index is 2040. The summed E-state index contributed by atoms with van der Waals surface area (Å²) in [6, 6.07) is 13.1. The normalized spacial score (nSPS) is 15.0. The third-order valence-corrected chi connectivity index (χ3v) is 9.46. The van der Waals surface area contributed by atoms with Crippen molar-refractivity contribution in [2.45, 2.75) is 55.4 Å². The number of fused-ring (bicyclic) bond motifs is 4. The Morgan fingerprint density at radius 2 is 0.932 bits per heavy atom. The Kier molecular flexibility index (Phi) is 5.57. The summed E-state index contributed by atoms with van der Waals surface area (Å²) in [7, 11) is 0. The predicted molar refractivity (Wildman–Crippen MR) is 177 cm³/mol. The molecule has 12 nitrogen and oxygen atoms in total. The molecular formula is C32H36N12. The molecule has 0 fully saturated rings. The molecule has 0 unspecified atom stereocenters. The molecule has 0 radical (unpaired) electrons. The fourth-order valence-electron chi connectivity index (χ4n) is 6.31. The van der Waals surface area contributed by atoms with Gasteiger partial charge in [-0.1, -0.05) is 0 Å². The maximum Gasteiger partial charge on any atom is 0.143 e. The lowest BCUT2D eigenvalue weighted by Gasteiger charge is -2.28. The molecule has 0 saturated carbocycles. The number of benzene rings is 4. The quantitative estimate of drug-likeness (QED) is 0.150. The fraction of sp³-hybridized carbons (Fsp3) is 0.250. The van der Waals surface area contributed by atoms with Gasteiger partial charge in [0.1, 0.15) is 16.7 Å². The summed E-state index contributed by atoms with van der Waals surface area (Å²) in [4.78, 5) is 1.85. The topological polar surface area (TPSA) is 113 Å². The molecule has 4 aromatic carbocycles. The summed E-state index contributed by atoms with van der Waals surface area (Å²) < 4.78 is 0. The lowest BCUT2D eigenvalue weighted by molar-refractivity contribution is 0.565. The number of hydrogen-bond acceptors (Lipinski definition) is 11. The van der Waals surface area contributed by atoms with E-state index in [1.54, 1.807) is 0 Å². The molecular weight excluding hydrogens is 552 g/mol. The highest BCUT2D eigenvalue weighted by molar-refractivity contribution is 6.05. The van der Waals surface area contributed by atoms with Gasteiger partial charge < -0.3 is 16.3 Å².